The van der Waals surface area contributed by atoms with Gasteiger partial charge in [-0.25, -0.2) is 4.79 Å². The number of nitrogens with one attached hydrogen (secondary N) is 2. The molecule has 0 spiro atoms. The van der Waals surface area contributed by atoms with Crippen LogP contribution in [-0.2, 0) is 11.3 Å². The second-order valence-electron chi connectivity index (χ2n) is 5.78. The van der Waals surface area contributed by atoms with Gasteiger partial charge in [0.25, 0.3) is 0 Å². The molecule has 0 heterocycles. The third-order valence-corrected chi connectivity index (χ3v) is 3.91. The van der Waals surface area contributed by atoms with Crippen LogP contribution in [0.15, 0.2) is 48.5 Å². The van der Waals surface area contributed by atoms with Gasteiger partial charge < -0.3 is 20.1 Å². The topological polar surface area (TPSA) is 59.6 Å². The highest BCUT2D eigenvalue weighted by Crippen LogP contribution is 2.28. The maximum absolute atomic E-state index is 12.1. The van der Waals surface area contributed by atoms with Crippen molar-refractivity contribution in [1.29, 1.82) is 0 Å². The number of ether oxygens (including phenoxy) is 2. The molecule has 134 valence electrons. The molecule has 2 aromatic carbocycles. The molecule has 0 aliphatic carbocycles. The van der Waals surface area contributed by atoms with E-state index in [1.165, 1.54) is 0 Å². The second kappa shape index (κ2) is 9.69. The smallest absolute Gasteiger partial charge is 0.319 e. The number of methoxy groups -OCH3 is 1. The number of carbonyl (C=O) groups is 1. The summed E-state index contributed by atoms with van der Waals surface area (Å²) in [6.45, 7) is 4.51. The van der Waals surface area contributed by atoms with Crippen molar-refractivity contribution in [2.45, 2.75) is 39.3 Å². The lowest BCUT2D eigenvalue weighted by molar-refractivity contribution is 0.182. The first kappa shape index (κ1) is 18.8. The zero-order chi connectivity index (χ0) is 18.1. The minimum Gasteiger partial charge on any atom is -0.457 e. The highest BCUT2D eigenvalue weighted by atomic mass is 16.5. The standard InChI is InChI=1S/C20H26N2O3/c1-4-16(5-2)21-20(23)22-17-11-12-19(15(13-17)14-24-3)25-18-9-7-6-8-10-18/h6-13,16H,4-5,14H2,1-3H3,(H2,21,22,23). The van der Waals surface area contributed by atoms with E-state index in [1.54, 1.807) is 7.11 Å². The van der Waals surface area contributed by atoms with E-state index in [-0.39, 0.29) is 12.1 Å². The van der Waals surface area contributed by atoms with Crippen LogP contribution in [-0.4, -0.2) is 19.2 Å². The fourth-order valence-electron chi connectivity index (χ4n) is 2.49. The summed E-state index contributed by atoms with van der Waals surface area (Å²) in [5, 5.41) is 5.83. The van der Waals surface area contributed by atoms with Gasteiger partial charge in [0, 0.05) is 24.4 Å². The number of carbonyl (C=O) groups excluding carboxylic acids is 1. The van der Waals surface area contributed by atoms with Crippen molar-refractivity contribution in [3.8, 4) is 11.5 Å². The molecule has 0 saturated carbocycles. The number of amides is 2. The van der Waals surface area contributed by atoms with Crippen LogP contribution in [0, 0.1) is 0 Å². The largest absolute Gasteiger partial charge is 0.457 e. The predicted molar refractivity (Wildman–Crippen MR) is 100 cm³/mol. The summed E-state index contributed by atoms with van der Waals surface area (Å²) >= 11 is 0. The molecule has 0 atom stereocenters. The Balaban J connectivity index is 2.10. The number of hydrogen-bond donors (Lipinski definition) is 2. The Bertz CT molecular complexity index is 670. The van der Waals surface area contributed by atoms with E-state index < -0.39 is 0 Å². The molecule has 0 aliphatic heterocycles. The van der Waals surface area contributed by atoms with Gasteiger partial charge >= 0.3 is 6.03 Å². The van der Waals surface area contributed by atoms with E-state index in [4.69, 9.17) is 9.47 Å². The maximum Gasteiger partial charge on any atom is 0.319 e. The minimum atomic E-state index is -0.200. The van der Waals surface area contributed by atoms with Crippen LogP contribution in [0.1, 0.15) is 32.3 Å². The first-order chi connectivity index (χ1) is 12.2. The molecule has 0 aliphatic rings. The third-order valence-electron chi connectivity index (χ3n) is 3.91. The molecule has 2 rings (SSSR count). The fourth-order valence-corrected chi connectivity index (χ4v) is 2.49. The van der Waals surface area contributed by atoms with Crippen molar-refractivity contribution in [3.63, 3.8) is 0 Å². The summed E-state index contributed by atoms with van der Waals surface area (Å²) in [5.41, 5.74) is 1.57. The van der Waals surface area contributed by atoms with Crippen LogP contribution in [0.4, 0.5) is 10.5 Å². The summed E-state index contributed by atoms with van der Waals surface area (Å²) < 4.78 is 11.2. The van der Waals surface area contributed by atoms with E-state index in [0.717, 1.165) is 24.2 Å². The van der Waals surface area contributed by atoms with E-state index in [2.05, 4.69) is 24.5 Å². The summed E-state index contributed by atoms with van der Waals surface area (Å²) in [5.74, 6) is 1.46. The number of urea groups is 1. The van der Waals surface area contributed by atoms with Crippen molar-refractivity contribution >= 4 is 11.7 Å². The normalized spacial score (nSPS) is 10.6. The van der Waals surface area contributed by atoms with Gasteiger partial charge in [0.2, 0.25) is 0 Å². The molecule has 0 unspecified atom stereocenters. The van der Waals surface area contributed by atoms with Crippen LogP contribution < -0.4 is 15.4 Å². The van der Waals surface area contributed by atoms with E-state index in [9.17, 15) is 4.79 Å². The average molecular weight is 342 g/mol. The molecule has 0 fully saturated rings. The molecule has 2 amide bonds. The predicted octanol–water partition coefficient (Wildman–Crippen LogP) is 4.94. The van der Waals surface area contributed by atoms with Gasteiger partial charge in [-0.05, 0) is 43.2 Å². The van der Waals surface area contributed by atoms with E-state index in [0.29, 0.717) is 18.0 Å². The Morgan fingerprint density at radius 3 is 2.44 bits per heavy atom. The number of benzene rings is 2. The molecule has 2 N–H and O–H groups in total. The summed E-state index contributed by atoms with van der Waals surface area (Å²) in [4.78, 5) is 12.1. The van der Waals surface area contributed by atoms with E-state index >= 15 is 0 Å². The van der Waals surface area contributed by atoms with E-state index in [1.807, 2.05) is 48.5 Å². The van der Waals surface area contributed by atoms with Crippen molar-refractivity contribution in [3.05, 3.63) is 54.1 Å². The Kier molecular flexibility index (Phi) is 7.29. The van der Waals surface area contributed by atoms with Crippen LogP contribution in [0.2, 0.25) is 0 Å². The number of rotatable bonds is 8. The molecule has 5 nitrogen and oxygen atoms in total. The Morgan fingerprint density at radius 1 is 1.08 bits per heavy atom. The zero-order valence-corrected chi connectivity index (χ0v) is 15.0. The van der Waals surface area contributed by atoms with Crippen LogP contribution in [0.3, 0.4) is 0 Å². The Hall–Kier alpha value is -2.53. The van der Waals surface area contributed by atoms with Crippen molar-refractivity contribution in [2.75, 3.05) is 12.4 Å². The lowest BCUT2D eigenvalue weighted by atomic mass is 10.1. The van der Waals surface area contributed by atoms with Gasteiger partial charge in [-0.3, -0.25) is 0 Å². The fraction of sp³-hybridized carbons (Fsp3) is 0.350. The van der Waals surface area contributed by atoms with Crippen LogP contribution >= 0.6 is 0 Å². The van der Waals surface area contributed by atoms with Gasteiger partial charge in [0.1, 0.15) is 11.5 Å². The maximum atomic E-state index is 12.1. The molecule has 0 saturated heterocycles. The van der Waals surface area contributed by atoms with Gasteiger partial charge in [0.05, 0.1) is 6.61 Å². The van der Waals surface area contributed by atoms with Crippen LogP contribution in [0.5, 0.6) is 11.5 Å². The molecule has 0 radical (unpaired) electrons. The van der Waals surface area contributed by atoms with Gasteiger partial charge in [-0.2, -0.15) is 0 Å². The quantitative estimate of drug-likeness (QED) is 0.714. The highest BCUT2D eigenvalue weighted by Gasteiger charge is 2.11. The zero-order valence-electron chi connectivity index (χ0n) is 15.0. The summed E-state index contributed by atoms with van der Waals surface area (Å²) in [6, 6.07) is 15.1. The minimum absolute atomic E-state index is 0.180. The highest BCUT2D eigenvalue weighted by molar-refractivity contribution is 5.89. The average Bonchev–Trinajstić information content (AvgIpc) is 2.63. The number of hydrogen-bond acceptors (Lipinski definition) is 3. The van der Waals surface area contributed by atoms with Gasteiger partial charge in [-0.1, -0.05) is 32.0 Å². The van der Waals surface area contributed by atoms with Crippen molar-refractivity contribution in [2.24, 2.45) is 0 Å². The molecule has 0 bridgehead atoms. The molecule has 25 heavy (non-hydrogen) atoms. The monoisotopic (exact) mass is 342 g/mol. The first-order valence-electron chi connectivity index (χ1n) is 8.58. The Labute approximate surface area is 149 Å². The third kappa shape index (κ3) is 5.80. The lowest BCUT2D eigenvalue weighted by Gasteiger charge is -2.16. The first-order valence-corrected chi connectivity index (χ1v) is 8.58. The lowest BCUT2D eigenvalue weighted by Crippen LogP contribution is -2.37. The SMILES string of the molecule is CCC(CC)NC(=O)Nc1ccc(Oc2ccccc2)c(COC)c1. The number of anilines is 1. The van der Waals surface area contributed by atoms with Crippen LogP contribution in [0.25, 0.3) is 0 Å². The van der Waals surface area contributed by atoms with Crippen molar-refractivity contribution in [1.82, 2.24) is 5.32 Å². The molecular weight excluding hydrogens is 316 g/mol. The molecule has 5 heteroatoms. The Morgan fingerprint density at radius 2 is 1.80 bits per heavy atom. The van der Waals surface area contributed by atoms with Gasteiger partial charge in [0.15, 0.2) is 0 Å². The van der Waals surface area contributed by atoms with Crippen molar-refractivity contribution < 1.29 is 14.3 Å². The summed E-state index contributed by atoms with van der Waals surface area (Å²) in [6.07, 6.45) is 1.81. The molecular formula is C20H26N2O3. The summed E-state index contributed by atoms with van der Waals surface area (Å²) in [7, 11) is 1.63. The van der Waals surface area contributed by atoms with Gasteiger partial charge in [-0.15, -0.1) is 0 Å². The molecule has 2 aromatic rings. The number of para-hydroxylation sites is 1. The second-order valence-corrected chi connectivity index (χ2v) is 5.78. The molecule has 0 aromatic heterocycles.